The van der Waals surface area contributed by atoms with E-state index in [9.17, 15) is 8.42 Å². The highest BCUT2D eigenvalue weighted by molar-refractivity contribution is 7.88. The Kier molecular flexibility index (Phi) is 4.82. The molecule has 2 aromatic rings. The van der Waals surface area contributed by atoms with Gasteiger partial charge in [-0.05, 0) is 24.6 Å². The van der Waals surface area contributed by atoms with Crippen molar-refractivity contribution in [3.63, 3.8) is 0 Å². The largest absolute Gasteiger partial charge is 0.447 e. The highest BCUT2D eigenvalue weighted by Gasteiger charge is 2.21. The number of nitrogens with one attached hydrogen (secondary N) is 1. The molecule has 0 saturated heterocycles. The summed E-state index contributed by atoms with van der Waals surface area (Å²) in [4.78, 5) is 0. The Morgan fingerprint density at radius 3 is 2.43 bits per heavy atom. The minimum atomic E-state index is -3.51. The van der Waals surface area contributed by atoms with Crippen molar-refractivity contribution in [1.29, 1.82) is 0 Å². The highest BCUT2D eigenvalue weighted by atomic mass is 32.2. The van der Waals surface area contributed by atoms with Crippen LogP contribution in [0.2, 0.25) is 0 Å². The van der Waals surface area contributed by atoms with Crippen molar-refractivity contribution in [2.24, 2.45) is 0 Å². The van der Waals surface area contributed by atoms with E-state index < -0.39 is 10.0 Å². The third-order valence-corrected chi connectivity index (χ3v) is 4.94. The molecule has 0 saturated carbocycles. The standard InChI is InChI=1S/C15H20N2O3S/c1-12(13-7-5-4-6-8-13)16-11-14-9-10-15(20-14)21(18,19)17(2)3/h4-10,12,16H,11H2,1-3H3. The first-order chi connectivity index (χ1) is 9.91. The SMILES string of the molecule is CC(NCc1ccc(S(=O)(=O)N(C)C)o1)c1ccccc1. The molecule has 1 aromatic carbocycles. The van der Waals surface area contributed by atoms with E-state index in [4.69, 9.17) is 4.42 Å². The van der Waals surface area contributed by atoms with Crippen LogP contribution in [-0.2, 0) is 16.6 Å². The van der Waals surface area contributed by atoms with Crippen molar-refractivity contribution < 1.29 is 12.8 Å². The highest BCUT2D eigenvalue weighted by Crippen LogP contribution is 2.18. The van der Waals surface area contributed by atoms with E-state index in [1.807, 2.05) is 30.3 Å². The van der Waals surface area contributed by atoms with Crippen molar-refractivity contribution in [1.82, 2.24) is 9.62 Å². The Morgan fingerprint density at radius 1 is 1.14 bits per heavy atom. The van der Waals surface area contributed by atoms with Gasteiger partial charge >= 0.3 is 0 Å². The van der Waals surface area contributed by atoms with Crippen LogP contribution in [0.25, 0.3) is 0 Å². The zero-order valence-electron chi connectivity index (χ0n) is 12.4. The molecular weight excluding hydrogens is 288 g/mol. The molecule has 0 bridgehead atoms. The minimum absolute atomic E-state index is 0.0309. The van der Waals surface area contributed by atoms with Gasteiger partial charge in [0.25, 0.3) is 10.0 Å². The molecule has 1 atom stereocenters. The van der Waals surface area contributed by atoms with Crippen molar-refractivity contribution >= 4 is 10.0 Å². The second-order valence-corrected chi connectivity index (χ2v) is 7.10. The van der Waals surface area contributed by atoms with Crippen LogP contribution >= 0.6 is 0 Å². The van der Waals surface area contributed by atoms with Gasteiger partial charge in [0.1, 0.15) is 5.76 Å². The maximum absolute atomic E-state index is 11.9. The first-order valence-corrected chi connectivity index (χ1v) is 8.15. The average molecular weight is 308 g/mol. The fraction of sp³-hybridized carbons (Fsp3) is 0.333. The van der Waals surface area contributed by atoms with Crippen LogP contribution in [-0.4, -0.2) is 26.8 Å². The molecule has 6 heteroatoms. The van der Waals surface area contributed by atoms with E-state index in [0.717, 1.165) is 4.31 Å². The number of benzene rings is 1. The second-order valence-electron chi connectivity index (χ2n) is 5.02. The van der Waals surface area contributed by atoms with E-state index in [1.54, 1.807) is 6.07 Å². The van der Waals surface area contributed by atoms with E-state index in [1.165, 1.54) is 25.7 Å². The van der Waals surface area contributed by atoms with Gasteiger partial charge in [-0.25, -0.2) is 12.7 Å². The molecule has 1 aromatic heterocycles. The van der Waals surface area contributed by atoms with Crippen LogP contribution in [0.15, 0.2) is 52.0 Å². The molecule has 1 heterocycles. The Hall–Kier alpha value is -1.63. The molecule has 5 nitrogen and oxygen atoms in total. The molecule has 0 radical (unpaired) electrons. The maximum Gasteiger partial charge on any atom is 0.275 e. The van der Waals surface area contributed by atoms with Gasteiger partial charge in [-0.3, -0.25) is 0 Å². The van der Waals surface area contributed by atoms with Crippen LogP contribution in [0.3, 0.4) is 0 Å². The molecule has 0 aliphatic heterocycles. The van der Waals surface area contributed by atoms with E-state index in [2.05, 4.69) is 12.2 Å². The molecule has 1 N–H and O–H groups in total. The third kappa shape index (κ3) is 3.72. The summed E-state index contributed by atoms with van der Waals surface area (Å²) in [6.45, 7) is 2.52. The summed E-state index contributed by atoms with van der Waals surface area (Å²) < 4.78 is 30.4. The van der Waals surface area contributed by atoms with Gasteiger partial charge in [0.15, 0.2) is 0 Å². The summed E-state index contributed by atoms with van der Waals surface area (Å²) in [6, 6.07) is 13.4. The molecule has 0 amide bonds. The van der Waals surface area contributed by atoms with Crippen molar-refractivity contribution in [3.05, 3.63) is 53.8 Å². The minimum Gasteiger partial charge on any atom is -0.447 e. The summed E-state index contributed by atoms with van der Waals surface area (Å²) in [5, 5.41) is 3.28. The summed E-state index contributed by atoms with van der Waals surface area (Å²) in [5.41, 5.74) is 1.17. The Balaban J connectivity index is 2.01. The van der Waals surface area contributed by atoms with E-state index >= 15 is 0 Å². The van der Waals surface area contributed by atoms with Gasteiger partial charge in [-0.1, -0.05) is 30.3 Å². The summed E-state index contributed by atoms with van der Waals surface area (Å²) >= 11 is 0. The third-order valence-electron chi connectivity index (χ3n) is 3.25. The predicted octanol–water partition coefficient (Wildman–Crippen LogP) is 2.38. The lowest BCUT2D eigenvalue weighted by Gasteiger charge is -2.13. The molecule has 2 rings (SSSR count). The van der Waals surface area contributed by atoms with Crippen molar-refractivity contribution in [2.45, 2.75) is 24.6 Å². The van der Waals surface area contributed by atoms with Crippen molar-refractivity contribution in [3.8, 4) is 0 Å². The predicted molar refractivity (Wildman–Crippen MR) is 81.3 cm³/mol. The zero-order valence-corrected chi connectivity index (χ0v) is 13.2. The monoisotopic (exact) mass is 308 g/mol. The molecule has 0 spiro atoms. The van der Waals surface area contributed by atoms with Gasteiger partial charge in [0.2, 0.25) is 5.09 Å². The van der Waals surface area contributed by atoms with E-state index in [0.29, 0.717) is 12.3 Å². The second kappa shape index (κ2) is 6.43. The maximum atomic E-state index is 11.9. The fourth-order valence-corrected chi connectivity index (χ4v) is 2.70. The van der Waals surface area contributed by atoms with Gasteiger partial charge < -0.3 is 9.73 Å². The summed E-state index contributed by atoms with van der Waals surface area (Å²) in [7, 11) is -0.549. The number of sulfonamides is 1. The Bertz CT molecular complexity index is 678. The van der Waals surface area contributed by atoms with Crippen molar-refractivity contribution in [2.75, 3.05) is 14.1 Å². The number of rotatable bonds is 6. The lowest BCUT2D eigenvalue weighted by molar-refractivity contribution is 0.382. The quantitative estimate of drug-likeness (QED) is 0.890. The van der Waals surface area contributed by atoms with Crippen LogP contribution in [0, 0.1) is 0 Å². The first kappa shape index (κ1) is 15.8. The van der Waals surface area contributed by atoms with Crippen LogP contribution < -0.4 is 5.32 Å². The van der Waals surface area contributed by atoms with Crippen LogP contribution in [0.4, 0.5) is 0 Å². The summed E-state index contributed by atoms with van der Waals surface area (Å²) in [5.74, 6) is 0.596. The Labute approximate surface area is 125 Å². The zero-order chi connectivity index (χ0) is 15.5. The van der Waals surface area contributed by atoms with Crippen LogP contribution in [0.1, 0.15) is 24.3 Å². The van der Waals surface area contributed by atoms with Gasteiger partial charge in [-0.15, -0.1) is 0 Å². The van der Waals surface area contributed by atoms with Crippen LogP contribution in [0.5, 0.6) is 0 Å². The van der Waals surface area contributed by atoms with Gasteiger partial charge in [-0.2, -0.15) is 0 Å². The summed E-state index contributed by atoms with van der Waals surface area (Å²) in [6.07, 6.45) is 0. The average Bonchev–Trinajstić information content (AvgIpc) is 2.95. The number of hydrogen-bond donors (Lipinski definition) is 1. The first-order valence-electron chi connectivity index (χ1n) is 6.71. The fourth-order valence-electron chi connectivity index (χ4n) is 1.89. The molecule has 1 unspecified atom stereocenters. The normalized spacial score (nSPS) is 13.5. The molecule has 0 aliphatic rings. The van der Waals surface area contributed by atoms with Gasteiger partial charge in [0.05, 0.1) is 6.54 Å². The van der Waals surface area contributed by atoms with E-state index in [-0.39, 0.29) is 11.1 Å². The lowest BCUT2D eigenvalue weighted by atomic mass is 10.1. The lowest BCUT2D eigenvalue weighted by Crippen LogP contribution is -2.21. The van der Waals surface area contributed by atoms with Gasteiger partial charge in [0, 0.05) is 20.1 Å². The smallest absolute Gasteiger partial charge is 0.275 e. The topological polar surface area (TPSA) is 62.6 Å². The molecular formula is C15H20N2O3S. The Morgan fingerprint density at radius 2 is 1.81 bits per heavy atom. The number of furan rings is 1. The molecule has 0 aliphatic carbocycles. The molecule has 21 heavy (non-hydrogen) atoms. The molecule has 114 valence electrons. The molecule has 0 fully saturated rings. The number of hydrogen-bond acceptors (Lipinski definition) is 4. The number of nitrogens with zero attached hydrogens (tertiary/aromatic N) is 1.